The SMILES string of the molecule is CCC1CN(Cc2ccc(C(=O)OC)cc2)CCN1. The van der Waals surface area contributed by atoms with Gasteiger partial charge in [0, 0.05) is 32.2 Å². The molecule has 2 rings (SSSR count). The number of hydrogen-bond donors (Lipinski definition) is 1. The van der Waals surface area contributed by atoms with Crippen molar-refractivity contribution < 1.29 is 9.53 Å². The number of rotatable bonds is 4. The monoisotopic (exact) mass is 262 g/mol. The molecule has 1 fully saturated rings. The van der Waals surface area contributed by atoms with Crippen molar-refractivity contribution in [2.24, 2.45) is 0 Å². The molecule has 4 heteroatoms. The molecule has 1 heterocycles. The van der Waals surface area contributed by atoms with Crippen molar-refractivity contribution in [3.63, 3.8) is 0 Å². The van der Waals surface area contributed by atoms with Crippen molar-refractivity contribution in [2.75, 3.05) is 26.7 Å². The van der Waals surface area contributed by atoms with E-state index in [9.17, 15) is 4.79 Å². The molecule has 1 aromatic rings. The summed E-state index contributed by atoms with van der Waals surface area (Å²) in [5.74, 6) is -0.278. The van der Waals surface area contributed by atoms with E-state index in [1.165, 1.54) is 12.7 Å². The van der Waals surface area contributed by atoms with Crippen LogP contribution in [0.3, 0.4) is 0 Å². The third-order valence-electron chi connectivity index (χ3n) is 3.61. The Morgan fingerprint density at radius 3 is 2.79 bits per heavy atom. The molecule has 1 saturated heterocycles. The fraction of sp³-hybridized carbons (Fsp3) is 0.533. The maximum Gasteiger partial charge on any atom is 0.337 e. The summed E-state index contributed by atoms with van der Waals surface area (Å²) < 4.78 is 4.70. The first-order valence-corrected chi connectivity index (χ1v) is 6.86. The van der Waals surface area contributed by atoms with Gasteiger partial charge < -0.3 is 10.1 Å². The number of benzene rings is 1. The van der Waals surface area contributed by atoms with Gasteiger partial charge in [-0.05, 0) is 24.1 Å². The van der Waals surface area contributed by atoms with Crippen LogP contribution < -0.4 is 5.32 Å². The summed E-state index contributed by atoms with van der Waals surface area (Å²) in [6.07, 6.45) is 1.16. The highest BCUT2D eigenvalue weighted by molar-refractivity contribution is 5.89. The molecule has 0 amide bonds. The van der Waals surface area contributed by atoms with Gasteiger partial charge in [-0.15, -0.1) is 0 Å². The summed E-state index contributed by atoms with van der Waals surface area (Å²) in [5, 5.41) is 3.51. The summed E-state index contributed by atoms with van der Waals surface area (Å²) >= 11 is 0. The molecule has 4 nitrogen and oxygen atoms in total. The van der Waals surface area contributed by atoms with Crippen molar-refractivity contribution in [3.05, 3.63) is 35.4 Å². The zero-order chi connectivity index (χ0) is 13.7. The summed E-state index contributed by atoms with van der Waals surface area (Å²) in [6.45, 7) is 6.38. The van der Waals surface area contributed by atoms with Gasteiger partial charge in [0.2, 0.25) is 0 Å². The molecule has 1 unspecified atom stereocenters. The summed E-state index contributed by atoms with van der Waals surface area (Å²) in [7, 11) is 1.40. The molecule has 19 heavy (non-hydrogen) atoms. The second-order valence-electron chi connectivity index (χ2n) is 4.98. The normalized spacial score (nSPS) is 20.2. The van der Waals surface area contributed by atoms with Gasteiger partial charge in [0.05, 0.1) is 12.7 Å². The Morgan fingerprint density at radius 1 is 1.42 bits per heavy atom. The van der Waals surface area contributed by atoms with Gasteiger partial charge >= 0.3 is 5.97 Å². The number of hydrogen-bond acceptors (Lipinski definition) is 4. The van der Waals surface area contributed by atoms with E-state index in [-0.39, 0.29) is 5.97 Å². The largest absolute Gasteiger partial charge is 0.465 e. The highest BCUT2D eigenvalue weighted by atomic mass is 16.5. The Morgan fingerprint density at radius 2 is 2.16 bits per heavy atom. The van der Waals surface area contributed by atoms with Gasteiger partial charge in [-0.3, -0.25) is 4.90 Å². The maximum absolute atomic E-state index is 11.4. The molecule has 1 aliphatic rings. The third kappa shape index (κ3) is 3.78. The molecule has 0 radical (unpaired) electrons. The zero-order valence-corrected chi connectivity index (χ0v) is 11.7. The second-order valence-corrected chi connectivity index (χ2v) is 4.98. The van der Waals surface area contributed by atoms with E-state index in [2.05, 4.69) is 17.1 Å². The topological polar surface area (TPSA) is 41.6 Å². The Balaban J connectivity index is 1.94. The third-order valence-corrected chi connectivity index (χ3v) is 3.61. The number of piperazine rings is 1. The van der Waals surface area contributed by atoms with E-state index < -0.39 is 0 Å². The number of nitrogens with zero attached hydrogens (tertiary/aromatic N) is 1. The zero-order valence-electron chi connectivity index (χ0n) is 11.7. The van der Waals surface area contributed by atoms with Crippen LogP contribution in [0.25, 0.3) is 0 Å². The van der Waals surface area contributed by atoms with Gasteiger partial charge in [0.1, 0.15) is 0 Å². The summed E-state index contributed by atoms with van der Waals surface area (Å²) in [6, 6.07) is 8.29. The second kappa shape index (κ2) is 6.68. The van der Waals surface area contributed by atoms with Gasteiger partial charge in [-0.1, -0.05) is 19.1 Å². The summed E-state index contributed by atoms with van der Waals surface area (Å²) in [5.41, 5.74) is 1.85. The molecule has 0 aromatic heterocycles. The quantitative estimate of drug-likeness (QED) is 0.838. The van der Waals surface area contributed by atoms with Crippen LogP contribution in [0.15, 0.2) is 24.3 Å². The Kier molecular flexibility index (Phi) is 4.93. The molecular weight excluding hydrogens is 240 g/mol. The van der Waals surface area contributed by atoms with Crippen molar-refractivity contribution in [1.29, 1.82) is 0 Å². The minimum absolute atomic E-state index is 0.278. The Labute approximate surface area is 114 Å². The lowest BCUT2D eigenvalue weighted by Gasteiger charge is -2.33. The lowest BCUT2D eigenvalue weighted by atomic mass is 10.1. The molecule has 1 atom stereocenters. The molecule has 0 bridgehead atoms. The predicted octanol–water partition coefficient (Wildman–Crippen LogP) is 1.66. The van der Waals surface area contributed by atoms with Crippen LogP contribution in [0.4, 0.5) is 0 Å². The molecule has 0 saturated carbocycles. The average molecular weight is 262 g/mol. The van der Waals surface area contributed by atoms with Gasteiger partial charge in [0.15, 0.2) is 0 Å². The first-order valence-electron chi connectivity index (χ1n) is 6.86. The number of esters is 1. The van der Waals surface area contributed by atoms with E-state index in [1.54, 1.807) is 0 Å². The minimum atomic E-state index is -0.278. The Bertz CT molecular complexity index is 417. The van der Waals surface area contributed by atoms with Crippen molar-refractivity contribution in [2.45, 2.75) is 25.9 Å². The van der Waals surface area contributed by atoms with Gasteiger partial charge in [-0.25, -0.2) is 4.79 Å². The predicted molar refractivity (Wildman–Crippen MR) is 75.1 cm³/mol. The van der Waals surface area contributed by atoms with Crippen molar-refractivity contribution in [1.82, 2.24) is 10.2 Å². The maximum atomic E-state index is 11.4. The van der Waals surface area contributed by atoms with Crippen LogP contribution in [0, 0.1) is 0 Å². The molecule has 0 spiro atoms. The average Bonchev–Trinajstić information content (AvgIpc) is 2.47. The Hall–Kier alpha value is -1.39. The van der Waals surface area contributed by atoms with E-state index in [4.69, 9.17) is 4.74 Å². The van der Waals surface area contributed by atoms with E-state index >= 15 is 0 Å². The molecular formula is C15H22N2O2. The number of carbonyl (C=O) groups is 1. The number of methoxy groups -OCH3 is 1. The number of ether oxygens (including phenoxy) is 1. The van der Waals surface area contributed by atoms with Crippen LogP contribution >= 0.6 is 0 Å². The highest BCUT2D eigenvalue weighted by Crippen LogP contribution is 2.11. The van der Waals surface area contributed by atoms with Crippen LogP contribution in [-0.2, 0) is 11.3 Å². The fourth-order valence-electron chi connectivity index (χ4n) is 2.43. The van der Waals surface area contributed by atoms with Gasteiger partial charge in [0.25, 0.3) is 0 Å². The fourth-order valence-corrected chi connectivity index (χ4v) is 2.43. The van der Waals surface area contributed by atoms with E-state index in [0.717, 1.165) is 32.6 Å². The molecule has 104 valence electrons. The standard InChI is InChI=1S/C15H22N2O2/c1-3-14-11-17(9-8-16-14)10-12-4-6-13(7-5-12)15(18)19-2/h4-7,14,16H,3,8-11H2,1-2H3. The minimum Gasteiger partial charge on any atom is -0.465 e. The van der Waals surface area contributed by atoms with E-state index in [0.29, 0.717) is 11.6 Å². The van der Waals surface area contributed by atoms with Crippen LogP contribution in [0.5, 0.6) is 0 Å². The van der Waals surface area contributed by atoms with Crippen molar-refractivity contribution >= 4 is 5.97 Å². The smallest absolute Gasteiger partial charge is 0.337 e. The number of nitrogens with one attached hydrogen (secondary N) is 1. The van der Waals surface area contributed by atoms with Crippen molar-refractivity contribution in [3.8, 4) is 0 Å². The lowest BCUT2D eigenvalue weighted by molar-refractivity contribution is 0.0600. The van der Waals surface area contributed by atoms with Crippen LogP contribution in [-0.4, -0.2) is 43.7 Å². The molecule has 0 aliphatic carbocycles. The lowest BCUT2D eigenvalue weighted by Crippen LogP contribution is -2.49. The molecule has 1 aromatic carbocycles. The summed E-state index contributed by atoms with van der Waals surface area (Å²) in [4.78, 5) is 13.8. The highest BCUT2D eigenvalue weighted by Gasteiger charge is 2.17. The molecule has 1 aliphatic heterocycles. The van der Waals surface area contributed by atoms with Gasteiger partial charge in [-0.2, -0.15) is 0 Å². The van der Waals surface area contributed by atoms with Crippen LogP contribution in [0.2, 0.25) is 0 Å². The van der Waals surface area contributed by atoms with E-state index in [1.807, 2.05) is 24.3 Å². The first kappa shape index (κ1) is 14.0. The number of carbonyl (C=O) groups excluding carboxylic acids is 1. The molecule has 1 N–H and O–H groups in total. The first-order chi connectivity index (χ1) is 9.22. The van der Waals surface area contributed by atoms with Crippen LogP contribution in [0.1, 0.15) is 29.3 Å².